The molecule has 0 bridgehead atoms. The molecule has 1 amide bonds. The number of rotatable bonds is 4. The zero-order valence-corrected chi connectivity index (χ0v) is 14.7. The number of benzene rings is 1. The molecule has 122 valence electrons. The number of amides is 1. The van der Waals surface area contributed by atoms with Crippen LogP contribution in [0.15, 0.2) is 34.5 Å². The zero-order valence-electron chi connectivity index (χ0n) is 13.1. The summed E-state index contributed by atoms with van der Waals surface area (Å²) < 4.78 is 0. The third kappa shape index (κ3) is 4.13. The van der Waals surface area contributed by atoms with Crippen molar-refractivity contribution in [2.24, 2.45) is 0 Å². The van der Waals surface area contributed by atoms with Gasteiger partial charge in [0.25, 0.3) is 5.91 Å². The molecule has 0 atom stereocenters. The van der Waals surface area contributed by atoms with Crippen LogP contribution in [0.4, 0.5) is 0 Å². The monoisotopic (exact) mass is 348 g/mol. The highest BCUT2D eigenvalue weighted by molar-refractivity contribution is 7.98. The largest absolute Gasteiger partial charge is 0.393 e. The van der Waals surface area contributed by atoms with Crippen molar-refractivity contribution in [2.45, 2.75) is 36.5 Å². The average Bonchev–Trinajstić information content (AvgIpc) is 2.99. The van der Waals surface area contributed by atoms with E-state index in [1.165, 1.54) is 0 Å². The van der Waals surface area contributed by atoms with E-state index in [1.54, 1.807) is 23.1 Å². The lowest BCUT2D eigenvalue weighted by Gasteiger charge is -2.30. The van der Waals surface area contributed by atoms with Crippen LogP contribution < -0.4 is 0 Å². The Labute approximate surface area is 144 Å². The number of aliphatic hydroxyl groups is 1. The third-order valence-corrected chi connectivity index (χ3v) is 5.84. The Kier molecular flexibility index (Phi) is 5.35. The van der Waals surface area contributed by atoms with Gasteiger partial charge in [0, 0.05) is 29.1 Å². The van der Waals surface area contributed by atoms with E-state index in [1.807, 2.05) is 36.1 Å². The first-order valence-electron chi connectivity index (χ1n) is 7.73. The number of carbonyl (C=O) groups excluding carboxylic acids is 1. The molecule has 4 nitrogen and oxygen atoms in total. The van der Waals surface area contributed by atoms with Crippen LogP contribution in [-0.4, -0.2) is 40.1 Å². The minimum atomic E-state index is -0.267. The molecule has 23 heavy (non-hydrogen) atoms. The van der Waals surface area contributed by atoms with Crippen LogP contribution in [0.25, 0.3) is 0 Å². The van der Waals surface area contributed by atoms with Crippen molar-refractivity contribution in [3.8, 4) is 0 Å². The van der Waals surface area contributed by atoms with E-state index < -0.39 is 0 Å². The van der Waals surface area contributed by atoms with Crippen LogP contribution in [0.3, 0.4) is 0 Å². The van der Waals surface area contributed by atoms with Gasteiger partial charge >= 0.3 is 0 Å². The molecule has 1 saturated heterocycles. The van der Waals surface area contributed by atoms with E-state index in [0.717, 1.165) is 26.9 Å². The van der Waals surface area contributed by atoms with E-state index in [4.69, 9.17) is 0 Å². The molecule has 2 aromatic rings. The molecule has 0 saturated carbocycles. The number of hydrogen-bond donors (Lipinski definition) is 1. The van der Waals surface area contributed by atoms with E-state index in [2.05, 4.69) is 10.4 Å². The van der Waals surface area contributed by atoms with Crippen molar-refractivity contribution in [1.82, 2.24) is 9.88 Å². The van der Waals surface area contributed by atoms with Gasteiger partial charge in [-0.3, -0.25) is 4.79 Å². The van der Waals surface area contributed by atoms with Crippen LogP contribution in [0.1, 0.15) is 33.9 Å². The van der Waals surface area contributed by atoms with E-state index in [-0.39, 0.29) is 12.0 Å². The summed E-state index contributed by atoms with van der Waals surface area (Å²) in [5, 5.41) is 12.7. The number of carbonyl (C=O) groups is 1. The van der Waals surface area contributed by atoms with Crippen molar-refractivity contribution in [2.75, 3.05) is 13.1 Å². The van der Waals surface area contributed by atoms with Crippen LogP contribution in [-0.2, 0) is 5.75 Å². The summed E-state index contributed by atoms with van der Waals surface area (Å²) in [4.78, 5) is 20.1. The second-order valence-electron chi connectivity index (χ2n) is 5.67. The maximum atomic E-state index is 12.8. The van der Waals surface area contributed by atoms with Gasteiger partial charge in [0.2, 0.25) is 0 Å². The Morgan fingerprint density at radius 3 is 2.83 bits per heavy atom. The molecular weight excluding hydrogens is 328 g/mol. The van der Waals surface area contributed by atoms with Crippen molar-refractivity contribution < 1.29 is 9.90 Å². The van der Waals surface area contributed by atoms with E-state index in [9.17, 15) is 9.90 Å². The molecule has 0 aliphatic carbocycles. The highest BCUT2D eigenvalue weighted by atomic mass is 32.2. The topological polar surface area (TPSA) is 53.4 Å². The molecule has 3 rings (SSSR count). The number of aliphatic hydroxyl groups excluding tert-OH is 1. The fraction of sp³-hybridized carbons (Fsp3) is 0.412. The summed E-state index contributed by atoms with van der Waals surface area (Å²) >= 11 is 3.30. The fourth-order valence-corrected chi connectivity index (χ4v) is 4.29. The highest BCUT2D eigenvalue weighted by Crippen LogP contribution is 2.28. The quantitative estimate of drug-likeness (QED) is 0.861. The van der Waals surface area contributed by atoms with Gasteiger partial charge in [0.15, 0.2) is 0 Å². The van der Waals surface area contributed by atoms with Gasteiger partial charge < -0.3 is 10.0 Å². The zero-order chi connectivity index (χ0) is 16.2. The molecule has 0 unspecified atom stereocenters. The van der Waals surface area contributed by atoms with Crippen LogP contribution >= 0.6 is 23.1 Å². The third-order valence-electron chi connectivity index (χ3n) is 3.91. The van der Waals surface area contributed by atoms with Gasteiger partial charge in [0.05, 0.1) is 22.4 Å². The maximum Gasteiger partial charge on any atom is 0.254 e. The number of aromatic nitrogens is 1. The number of thiazole rings is 1. The minimum Gasteiger partial charge on any atom is -0.393 e. The normalized spacial score (nSPS) is 15.8. The number of hydrogen-bond acceptors (Lipinski definition) is 5. The summed E-state index contributed by atoms with van der Waals surface area (Å²) in [6.07, 6.45) is 1.06. The first-order valence-corrected chi connectivity index (χ1v) is 9.60. The van der Waals surface area contributed by atoms with Gasteiger partial charge in [-0.15, -0.1) is 23.1 Å². The SMILES string of the molecule is Cc1nc(CSc2ccccc2C(=O)N2CCC(O)CC2)cs1. The molecule has 0 radical (unpaired) electrons. The summed E-state index contributed by atoms with van der Waals surface area (Å²) in [6.45, 7) is 3.26. The van der Waals surface area contributed by atoms with Gasteiger partial charge in [-0.1, -0.05) is 12.1 Å². The van der Waals surface area contributed by atoms with Crippen molar-refractivity contribution >= 4 is 29.0 Å². The molecule has 2 heterocycles. The Balaban J connectivity index is 1.71. The van der Waals surface area contributed by atoms with Gasteiger partial charge in [-0.05, 0) is 31.9 Å². The molecule has 1 fully saturated rings. The lowest BCUT2D eigenvalue weighted by Crippen LogP contribution is -2.40. The standard InChI is InChI=1S/C17H20N2O2S2/c1-12-18-13(10-22-12)11-23-16-5-3-2-4-15(16)17(21)19-8-6-14(20)7-9-19/h2-5,10,14,20H,6-9,11H2,1H3. The predicted molar refractivity (Wildman–Crippen MR) is 94.0 cm³/mol. The Bertz CT molecular complexity index is 679. The smallest absolute Gasteiger partial charge is 0.254 e. The molecule has 6 heteroatoms. The van der Waals surface area contributed by atoms with Crippen LogP contribution in [0, 0.1) is 6.92 Å². The molecule has 1 aliphatic heterocycles. The van der Waals surface area contributed by atoms with Crippen molar-refractivity contribution in [3.05, 3.63) is 45.9 Å². The lowest BCUT2D eigenvalue weighted by atomic mass is 10.1. The van der Waals surface area contributed by atoms with Crippen molar-refractivity contribution in [1.29, 1.82) is 0 Å². The molecule has 1 aromatic heterocycles. The molecular formula is C17H20N2O2S2. The van der Waals surface area contributed by atoms with Gasteiger partial charge in [-0.25, -0.2) is 4.98 Å². The number of piperidine rings is 1. The molecule has 1 N–H and O–H groups in total. The van der Waals surface area contributed by atoms with E-state index in [0.29, 0.717) is 25.9 Å². The van der Waals surface area contributed by atoms with Gasteiger partial charge in [0.1, 0.15) is 0 Å². The predicted octanol–water partition coefficient (Wildman–Crippen LogP) is 3.34. The Morgan fingerprint density at radius 1 is 1.39 bits per heavy atom. The lowest BCUT2D eigenvalue weighted by molar-refractivity contribution is 0.0543. The second-order valence-corrected chi connectivity index (χ2v) is 7.75. The van der Waals surface area contributed by atoms with Crippen LogP contribution in [0.5, 0.6) is 0 Å². The number of thioether (sulfide) groups is 1. The molecule has 0 spiro atoms. The van der Waals surface area contributed by atoms with E-state index >= 15 is 0 Å². The van der Waals surface area contributed by atoms with Gasteiger partial charge in [-0.2, -0.15) is 0 Å². The second kappa shape index (κ2) is 7.47. The number of nitrogens with zero attached hydrogens (tertiary/aromatic N) is 2. The van der Waals surface area contributed by atoms with Crippen molar-refractivity contribution in [3.63, 3.8) is 0 Å². The molecule has 1 aromatic carbocycles. The highest BCUT2D eigenvalue weighted by Gasteiger charge is 2.23. The summed E-state index contributed by atoms with van der Waals surface area (Å²) in [5.74, 6) is 0.835. The first-order chi connectivity index (χ1) is 11.1. The maximum absolute atomic E-state index is 12.8. The minimum absolute atomic E-state index is 0.0643. The Morgan fingerprint density at radius 2 is 2.13 bits per heavy atom. The summed E-state index contributed by atoms with van der Waals surface area (Å²) in [5.41, 5.74) is 1.81. The number of likely N-dealkylation sites (tertiary alicyclic amines) is 1. The summed E-state index contributed by atoms with van der Waals surface area (Å²) in [7, 11) is 0. The molecule has 1 aliphatic rings. The number of aryl methyl sites for hydroxylation is 1. The average molecular weight is 348 g/mol. The summed E-state index contributed by atoms with van der Waals surface area (Å²) in [6, 6.07) is 7.76. The Hall–Kier alpha value is -1.37. The fourth-order valence-electron chi connectivity index (χ4n) is 2.63. The first kappa shape index (κ1) is 16.5. The van der Waals surface area contributed by atoms with Crippen LogP contribution in [0.2, 0.25) is 0 Å².